The van der Waals surface area contributed by atoms with Gasteiger partial charge in [-0.25, -0.2) is 9.48 Å². The van der Waals surface area contributed by atoms with Crippen molar-refractivity contribution in [3.05, 3.63) is 48.5 Å². The average molecular weight is 398 g/mol. The fraction of sp³-hybridized carbons (Fsp3) is 0.250. The molecular weight excluding hydrogens is 376 g/mol. The van der Waals surface area contributed by atoms with E-state index in [1.807, 2.05) is 24.3 Å². The van der Waals surface area contributed by atoms with E-state index in [1.54, 1.807) is 50.2 Å². The third-order valence-electron chi connectivity index (χ3n) is 3.92. The number of carbonyl (C=O) groups excluding carboxylic acids is 1. The van der Waals surface area contributed by atoms with Gasteiger partial charge in [0.05, 0.1) is 19.4 Å². The van der Waals surface area contributed by atoms with Gasteiger partial charge >= 0.3 is 12.1 Å². The summed E-state index contributed by atoms with van der Waals surface area (Å²) >= 11 is 0. The van der Waals surface area contributed by atoms with E-state index in [0.717, 1.165) is 11.3 Å². The second-order valence-electron chi connectivity index (χ2n) is 6.19. The lowest BCUT2D eigenvalue weighted by atomic mass is 10.2. The van der Waals surface area contributed by atoms with E-state index in [0.29, 0.717) is 17.3 Å². The molecule has 29 heavy (non-hydrogen) atoms. The number of aliphatic hydroxyl groups excluding tert-OH is 1. The first kappa shape index (κ1) is 20.2. The normalized spacial score (nSPS) is 10.5. The summed E-state index contributed by atoms with van der Waals surface area (Å²) in [5.74, 6) is 1.82. The Bertz CT molecular complexity index is 952. The number of aromatic nitrogens is 3. The predicted molar refractivity (Wildman–Crippen MR) is 106 cm³/mol. The number of nitrogens with zero attached hydrogens (tertiary/aromatic N) is 4. The van der Waals surface area contributed by atoms with Gasteiger partial charge in [0.1, 0.15) is 18.1 Å². The molecule has 0 unspecified atom stereocenters. The summed E-state index contributed by atoms with van der Waals surface area (Å²) in [5, 5.41) is 13.2. The smallest absolute Gasteiger partial charge is 0.417 e. The molecule has 0 saturated heterocycles. The van der Waals surface area contributed by atoms with Crippen LogP contribution in [0, 0.1) is 0 Å². The van der Waals surface area contributed by atoms with Crippen LogP contribution in [0.4, 0.5) is 4.79 Å². The molecule has 9 nitrogen and oxygen atoms in total. The largest absolute Gasteiger partial charge is 0.497 e. The predicted octanol–water partition coefficient (Wildman–Crippen LogP) is 2.37. The van der Waals surface area contributed by atoms with Gasteiger partial charge in [0, 0.05) is 19.7 Å². The van der Waals surface area contributed by atoms with Gasteiger partial charge in [-0.3, -0.25) is 0 Å². The fourth-order valence-corrected chi connectivity index (χ4v) is 2.46. The molecule has 0 radical (unpaired) electrons. The Morgan fingerprint density at radius 2 is 1.72 bits per heavy atom. The van der Waals surface area contributed by atoms with Crippen LogP contribution in [0.2, 0.25) is 0 Å². The minimum atomic E-state index is -0.573. The van der Waals surface area contributed by atoms with Crippen LogP contribution >= 0.6 is 0 Å². The fourth-order valence-electron chi connectivity index (χ4n) is 2.46. The number of hydrogen-bond acceptors (Lipinski definition) is 7. The summed E-state index contributed by atoms with van der Waals surface area (Å²) in [5.41, 5.74) is 1.47. The minimum absolute atomic E-state index is 0.0601. The topological polar surface area (TPSA) is 98.9 Å². The van der Waals surface area contributed by atoms with Crippen LogP contribution in [-0.4, -0.2) is 65.3 Å². The molecule has 9 heteroatoms. The van der Waals surface area contributed by atoms with Crippen LogP contribution in [0.15, 0.2) is 48.5 Å². The van der Waals surface area contributed by atoms with Crippen molar-refractivity contribution >= 4 is 6.09 Å². The van der Waals surface area contributed by atoms with Crippen LogP contribution < -0.4 is 14.2 Å². The molecule has 1 heterocycles. The summed E-state index contributed by atoms with van der Waals surface area (Å²) in [6.07, 6.45) is -0.573. The third kappa shape index (κ3) is 4.82. The molecule has 0 aliphatic carbocycles. The molecule has 1 N–H and O–H groups in total. The van der Waals surface area contributed by atoms with E-state index in [9.17, 15) is 4.79 Å². The molecule has 2 aromatic carbocycles. The Labute approximate surface area is 168 Å². The molecule has 0 aliphatic heterocycles. The minimum Gasteiger partial charge on any atom is -0.497 e. The first-order valence-electron chi connectivity index (χ1n) is 8.86. The van der Waals surface area contributed by atoms with E-state index in [1.165, 1.54) is 4.90 Å². The van der Waals surface area contributed by atoms with Crippen LogP contribution in [0.3, 0.4) is 0 Å². The van der Waals surface area contributed by atoms with Gasteiger partial charge in [-0.15, -0.1) is 5.10 Å². The van der Waals surface area contributed by atoms with Gasteiger partial charge in [0.2, 0.25) is 0 Å². The molecule has 0 bridgehead atoms. The van der Waals surface area contributed by atoms with Crippen molar-refractivity contribution in [1.29, 1.82) is 0 Å². The highest BCUT2D eigenvalue weighted by Crippen LogP contribution is 2.26. The van der Waals surface area contributed by atoms with E-state index < -0.39 is 6.09 Å². The SMILES string of the molecule is COc1ccc(-n2nc(OC(=O)N(C)C)nc2-c2ccc(OCCO)cc2)cc1. The summed E-state index contributed by atoms with van der Waals surface area (Å²) in [6.45, 7) is 0.153. The van der Waals surface area contributed by atoms with E-state index >= 15 is 0 Å². The zero-order chi connectivity index (χ0) is 20.8. The van der Waals surface area contributed by atoms with Gasteiger partial charge in [0.25, 0.3) is 0 Å². The van der Waals surface area contributed by atoms with E-state index in [4.69, 9.17) is 19.3 Å². The number of methoxy groups -OCH3 is 1. The van der Waals surface area contributed by atoms with Crippen LogP contribution in [-0.2, 0) is 0 Å². The lowest BCUT2D eigenvalue weighted by molar-refractivity contribution is 0.168. The van der Waals surface area contributed by atoms with Crippen molar-refractivity contribution < 1.29 is 24.1 Å². The molecule has 0 aliphatic rings. The molecule has 0 spiro atoms. The highest BCUT2D eigenvalue weighted by Gasteiger charge is 2.18. The van der Waals surface area contributed by atoms with Gasteiger partial charge < -0.3 is 24.2 Å². The Hall–Kier alpha value is -3.59. The first-order chi connectivity index (χ1) is 14.0. The van der Waals surface area contributed by atoms with Crippen LogP contribution in [0.5, 0.6) is 17.5 Å². The number of rotatable bonds is 7. The van der Waals surface area contributed by atoms with Crippen molar-refractivity contribution in [1.82, 2.24) is 19.7 Å². The van der Waals surface area contributed by atoms with Crippen molar-refractivity contribution in [2.24, 2.45) is 0 Å². The molecule has 3 aromatic rings. The summed E-state index contributed by atoms with van der Waals surface area (Å²) in [4.78, 5) is 17.6. The molecule has 3 rings (SSSR count). The molecule has 0 atom stereocenters. The van der Waals surface area contributed by atoms with Gasteiger partial charge in [-0.1, -0.05) is 0 Å². The molecule has 0 fully saturated rings. The Balaban J connectivity index is 1.98. The molecule has 152 valence electrons. The maximum absolute atomic E-state index is 11.9. The monoisotopic (exact) mass is 398 g/mol. The maximum atomic E-state index is 11.9. The van der Waals surface area contributed by atoms with Crippen molar-refractivity contribution in [3.63, 3.8) is 0 Å². The number of carbonyl (C=O) groups is 1. The van der Waals surface area contributed by atoms with Gasteiger partial charge in [-0.2, -0.15) is 4.98 Å². The third-order valence-corrected chi connectivity index (χ3v) is 3.92. The Morgan fingerprint density at radius 1 is 1.07 bits per heavy atom. The number of ether oxygens (including phenoxy) is 3. The van der Waals surface area contributed by atoms with Crippen molar-refractivity contribution in [2.75, 3.05) is 34.4 Å². The molecule has 1 aromatic heterocycles. The lowest BCUT2D eigenvalue weighted by Crippen LogP contribution is -2.25. The molecule has 0 saturated carbocycles. The number of amides is 1. The van der Waals surface area contributed by atoms with Crippen molar-refractivity contribution in [2.45, 2.75) is 0 Å². The second-order valence-corrected chi connectivity index (χ2v) is 6.19. The van der Waals surface area contributed by atoms with Gasteiger partial charge in [-0.05, 0) is 48.5 Å². The molecular formula is C20H22N4O5. The average Bonchev–Trinajstić information content (AvgIpc) is 3.16. The Kier molecular flexibility index (Phi) is 6.30. The molecule has 1 amide bonds. The highest BCUT2D eigenvalue weighted by atomic mass is 16.6. The lowest BCUT2D eigenvalue weighted by Gasteiger charge is -2.08. The van der Waals surface area contributed by atoms with Crippen LogP contribution in [0.25, 0.3) is 17.1 Å². The maximum Gasteiger partial charge on any atom is 0.417 e. The summed E-state index contributed by atoms with van der Waals surface area (Å²) in [6, 6.07) is 14.4. The number of hydrogen-bond donors (Lipinski definition) is 1. The Morgan fingerprint density at radius 3 is 2.31 bits per heavy atom. The van der Waals surface area contributed by atoms with Gasteiger partial charge in [0.15, 0.2) is 5.82 Å². The quantitative estimate of drug-likeness (QED) is 0.652. The summed E-state index contributed by atoms with van der Waals surface area (Å²) < 4.78 is 17.4. The van der Waals surface area contributed by atoms with Crippen molar-refractivity contribution in [3.8, 4) is 34.6 Å². The zero-order valence-electron chi connectivity index (χ0n) is 16.4. The zero-order valence-corrected chi connectivity index (χ0v) is 16.4. The summed E-state index contributed by atoms with van der Waals surface area (Å²) in [7, 11) is 4.75. The highest BCUT2D eigenvalue weighted by molar-refractivity contribution is 5.69. The second kappa shape index (κ2) is 9.07. The first-order valence-corrected chi connectivity index (χ1v) is 8.86. The van der Waals surface area contributed by atoms with E-state index in [-0.39, 0.29) is 19.2 Å². The van der Waals surface area contributed by atoms with E-state index in [2.05, 4.69) is 10.1 Å². The standard InChI is InChI=1S/C20H22N4O5/c1-23(2)20(26)29-19-21-18(14-4-8-17(9-5-14)28-13-12-25)24(22-19)15-6-10-16(27-3)11-7-15/h4-11,25H,12-13H2,1-3H3. The van der Waals surface area contributed by atoms with Crippen LogP contribution in [0.1, 0.15) is 0 Å². The number of aliphatic hydroxyl groups is 1. The number of benzene rings is 2.